The molecule has 2 aromatic rings. The molecule has 8 heteroatoms. The van der Waals surface area contributed by atoms with Gasteiger partial charge >= 0.3 is 6.09 Å². The predicted molar refractivity (Wildman–Crippen MR) is 145 cm³/mol. The number of hydrogen-bond acceptors (Lipinski definition) is 7. The Morgan fingerprint density at radius 3 is 2.58 bits per heavy atom. The quantitative estimate of drug-likeness (QED) is 0.654. The number of amides is 1. The lowest BCUT2D eigenvalue weighted by molar-refractivity contribution is 0.0240. The fourth-order valence-electron chi connectivity index (χ4n) is 4.73. The highest BCUT2D eigenvalue weighted by molar-refractivity contribution is 5.69. The molecule has 0 aromatic carbocycles. The molecule has 1 saturated carbocycles. The summed E-state index contributed by atoms with van der Waals surface area (Å²) in [6, 6.07) is 4.47. The lowest BCUT2D eigenvalue weighted by atomic mass is 10.2. The highest BCUT2D eigenvalue weighted by Crippen LogP contribution is 2.24. The van der Waals surface area contributed by atoms with Crippen molar-refractivity contribution in [1.29, 1.82) is 0 Å². The van der Waals surface area contributed by atoms with Gasteiger partial charge in [-0.2, -0.15) is 0 Å². The van der Waals surface area contributed by atoms with Crippen molar-refractivity contribution in [3.8, 4) is 11.4 Å². The lowest BCUT2D eigenvalue weighted by Crippen LogP contribution is -2.52. The fraction of sp³-hybridized carbons (Fsp3) is 0.571. The fourth-order valence-corrected chi connectivity index (χ4v) is 4.73. The molecule has 0 bridgehead atoms. The maximum absolute atomic E-state index is 12.5. The van der Waals surface area contributed by atoms with E-state index in [-0.39, 0.29) is 6.09 Å². The van der Waals surface area contributed by atoms with Gasteiger partial charge in [0, 0.05) is 49.2 Å². The second kappa shape index (κ2) is 11.3. The van der Waals surface area contributed by atoms with Crippen LogP contribution in [0.1, 0.15) is 66.2 Å². The summed E-state index contributed by atoms with van der Waals surface area (Å²) < 4.78 is 5.56. The van der Waals surface area contributed by atoms with E-state index in [4.69, 9.17) is 14.7 Å². The second-order valence-corrected chi connectivity index (χ2v) is 10.7. The molecule has 2 fully saturated rings. The highest BCUT2D eigenvalue weighted by atomic mass is 16.6. The molecule has 1 N–H and O–H groups in total. The SMILES string of the molecule is C=c1nc(-c2ccnc(NC3CCCC3)c2)nc(N2CCN(C(=O)OC(C)(C)C)CC2)c1=CCCC. The normalized spacial score (nSPS) is 17.5. The van der Waals surface area contributed by atoms with Crippen molar-refractivity contribution in [3.05, 3.63) is 28.9 Å². The monoisotopic (exact) mass is 492 g/mol. The van der Waals surface area contributed by atoms with Gasteiger partial charge in [-0.05, 0) is 52.2 Å². The van der Waals surface area contributed by atoms with Crippen molar-refractivity contribution >= 4 is 30.4 Å². The van der Waals surface area contributed by atoms with Crippen molar-refractivity contribution in [2.24, 2.45) is 0 Å². The van der Waals surface area contributed by atoms with Crippen molar-refractivity contribution in [2.45, 2.75) is 77.9 Å². The first-order chi connectivity index (χ1) is 17.2. The van der Waals surface area contributed by atoms with Crippen molar-refractivity contribution in [1.82, 2.24) is 19.9 Å². The van der Waals surface area contributed by atoms with Gasteiger partial charge in [0.2, 0.25) is 0 Å². The van der Waals surface area contributed by atoms with Gasteiger partial charge in [0.25, 0.3) is 0 Å². The molecule has 4 rings (SSSR count). The van der Waals surface area contributed by atoms with E-state index in [2.05, 4.69) is 34.8 Å². The van der Waals surface area contributed by atoms with Gasteiger partial charge < -0.3 is 19.9 Å². The first-order valence-corrected chi connectivity index (χ1v) is 13.3. The minimum Gasteiger partial charge on any atom is -0.444 e. The van der Waals surface area contributed by atoms with Crippen LogP contribution in [0, 0.1) is 0 Å². The number of ether oxygens (including phenoxy) is 1. The molecule has 8 nitrogen and oxygen atoms in total. The van der Waals surface area contributed by atoms with Crippen LogP contribution in [0.4, 0.5) is 16.4 Å². The molecule has 0 radical (unpaired) electrons. The summed E-state index contributed by atoms with van der Waals surface area (Å²) in [6.45, 7) is 14.6. The van der Waals surface area contributed by atoms with Gasteiger partial charge in [0.15, 0.2) is 5.82 Å². The number of unbranched alkanes of at least 4 members (excludes halogenated alkanes) is 1. The molecule has 1 saturated heterocycles. The van der Waals surface area contributed by atoms with Crippen LogP contribution in [0.15, 0.2) is 18.3 Å². The van der Waals surface area contributed by atoms with Crippen LogP contribution in [-0.2, 0) is 4.74 Å². The Hall–Kier alpha value is -3.16. The summed E-state index contributed by atoms with van der Waals surface area (Å²) in [4.78, 5) is 30.9. The molecule has 1 aliphatic carbocycles. The Labute approximate surface area is 214 Å². The summed E-state index contributed by atoms with van der Waals surface area (Å²) in [5, 5.41) is 5.27. The minimum atomic E-state index is -0.503. The molecule has 0 unspecified atom stereocenters. The molecule has 0 atom stereocenters. The zero-order valence-electron chi connectivity index (χ0n) is 22.2. The average Bonchev–Trinajstić information content (AvgIpc) is 3.35. The zero-order valence-corrected chi connectivity index (χ0v) is 22.2. The first-order valence-electron chi connectivity index (χ1n) is 13.3. The molecular formula is C28H40N6O2. The van der Waals surface area contributed by atoms with Crippen LogP contribution < -0.4 is 20.8 Å². The first kappa shape index (κ1) is 25.9. The number of rotatable bonds is 6. The summed E-state index contributed by atoms with van der Waals surface area (Å²) in [7, 11) is 0. The standard InChI is InChI=1S/C28H40N6O2/c1-6-7-12-23-20(2)30-25(21-13-14-29-24(19-21)31-22-10-8-9-11-22)32-26(23)33-15-17-34(18-16-33)27(35)36-28(3,4)5/h12-14,19,22H,2,6-11,15-18H2,1,3-5H3,(H,29,31). The second-order valence-electron chi connectivity index (χ2n) is 10.7. The van der Waals surface area contributed by atoms with Crippen LogP contribution in [0.2, 0.25) is 0 Å². The Kier molecular flexibility index (Phi) is 8.11. The summed E-state index contributed by atoms with van der Waals surface area (Å²) in [5.74, 6) is 2.39. The summed E-state index contributed by atoms with van der Waals surface area (Å²) >= 11 is 0. The molecule has 1 aliphatic heterocycles. The Morgan fingerprint density at radius 2 is 1.92 bits per heavy atom. The van der Waals surface area contributed by atoms with E-state index in [9.17, 15) is 4.79 Å². The van der Waals surface area contributed by atoms with Gasteiger partial charge in [-0.25, -0.2) is 19.7 Å². The van der Waals surface area contributed by atoms with E-state index in [1.165, 1.54) is 25.7 Å². The summed E-state index contributed by atoms with van der Waals surface area (Å²) in [6.07, 6.45) is 10.6. The van der Waals surface area contributed by atoms with Crippen molar-refractivity contribution in [3.63, 3.8) is 0 Å². The Bertz CT molecular complexity index is 1160. The van der Waals surface area contributed by atoms with Crippen LogP contribution in [0.5, 0.6) is 0 Å². The van der Waals surface area contributed by atoms with E-state index in [1.807, 2.05) is 39.1 Å². The maximum Gasteiger partial charge on any atom is 0.410 e. The Morgan fingerprint density at radius 1 is 1.19 bits per heavy atom. The topological polar surface area (TPSA) is 83.5 Å². The number of anilines is 2. The molecule has 2 aromatic heterocycles. The van der Waals surface area contributed by atoms with E-state index in [0.29, 0.717) is 38.0 Å². The van der Waals surface area contributed by atoms with Crippen LogP contribution in [0.3, 0.4) is 0 Å². The number of aromatic nitrogens is 3. The molecule has 0 spiro atoms. The number of carbonyl (C=O) groups is 1. The third-order valence-electron chi connectivity index (χ3n) is 6.60. The number of carbonyl (C=O) groups excluding carboxylic acids is 1. The molecule has 2 aliphatic rings. The third kappa shape index (κ3) is 6.53. The smallest absolute Gasteiger partial charge is 0.410 e. The minimum absolute atomic E-state index is 0.264. The molecule has 1 amide bonds. The molecular weight excluding hydrogens is 452 g/mol. The zero-order chi connectivity index (χ0) is 25.7. The third-order valence-corrected chi connectivity index (χ3v) is 6.60. The largest absolute Gasteiger partial charge is 0.444 e. The van der Waals surface area contributed by atoms with E-state index in [0.717, 1.165) is 40.6 Å². The van der Waals surface area contributed by atoms with E-state index < -0.39 is 5.60 Å². The number of pyridine rings is 1. The van der Waals surface area contributed by atoms with E-state index in [1.54, 1.807) is 4.90 Å². The van der Waals surface area contributed by atoms with Gasteiger partial charge in [0.05, 0.1) is 5.35 Å². The number of piperazine rings is 1. The van der Waals surface area contributed by atoms with Gasteiger partial charge in [0.1, 0.15) is 17.2 Å². The van der Waals surface area contributed by atoms with Gasteiger partial charge in [-0.15, -0.1) is 0 Å². The van der Waals surface area contributed by atoms with Crippen LogP contribution in [0.25, 0.3) is 24.0 Å². The molecule has 36 heavy (non-hydrogen) atoms. The predicted octanol–water partition coefficient (Wildman–Crippen LogP) is 3.94. The molecule has 3 heterocycles. The van der Waals surface area contributed by atoms with Gasteiger partial charge in [-0.3, -0.25) is 0 Å². The van der Waals surface area contributed by atoms with Crippen LogP contribution in [-0.4, -0.2) is 63.8 Å². The number of hydrogen-bond donors (Lipinski definition) is 1. The number of nitrogens with one attached hydrogen (secondary N) is 1. The molecule has 194 valence electrons. The van der Waals surface area contributed by atoms with Crippen molar-refractivity contribution in [2.75, 3.05) is 36.4 Å². The number of nitrogens with zero attached hydrogens (tertiary/aromatic N) is 5. The Balaban J connectivity index is 1.59. The average molecular weight is 493 g/mol. The highest BCUT2D eigenvalue weighted by Gasteiger charge is 2.27. The lowest BCUT2D eigenvalue weighted by Gasteiger charge is -2.36. The van der Waals surface area contributed by atoms with Crippen molar-refractivity contribution < 1.29 is 9.53 Å². The summed E-state index contributed by atoms with van der Waals surface area (Å²) in [5.41, 5.74) is 0.419. The van der Waals surface area contributed by atoms with Gasteiger partial charge in [-0.1, -0.05) is 38.8 Å². The van der Waals surface area contributed by atoms with E-state index >= 15 is 0 Å². The van der Waals surface area contributed by atoms with Crippen LogP contribution >= 0.6 is 0 Å². The maximum atomic E-state index is 12.5.